The highest BCUT2D eigenvalue weighted by molar-refractivity contribution is 5.93. The maximum absolute atomic E-state index is 13.2. The Hall–Kier alpha value is -2.41. The number of hydrogen-bond donors (Lipinski definition) is 0. The molecule has 1 fully saturated rings. The summed E-state index contributed by atoms with van der Waals surface area (Å²) in [5.41, 5.74) is -0.206. The molecule has 6 nitrogen and oxygen atoms in total. The summed E-state index contributed by atoms with van der Waals surface area (Å²) in [5.74, 6) is -0.0779. The average molecular weight is 320 g/mol. The van der Waals surface area contributed by atoms with Crippen LogP contribution in [0.5, 0.6) is 5.75 Å². The Bertz CT molecular complexity index is 676. The van der Waals surface area contributed by atoms with Crippen LogP contribution in [0.3, 0.4) is 0 Å². The number of amides is 1. The van der Waals surface area contributed by atoms with Gasteiger partial charge in [0, 0.05) is 19.7 Å². The van der Waals surface area contributed by atoms with Crippen molar-refractivity contribution in [2.45, 2.75) is 12.0 Å². The summed E-state index contributed by atoms with van der Waals surface area (Å²) in [7, 11) is 1.59. The fourth-order valence-electron chi connectivity index (χ4n) is 2.63. The van der Waals surface area contributed by atoms with Gasteiger partial charge in [-0.05, 0) is 18.6 Å². The van der Waals surface area contributed by atoms with E-state index in [1.807, 2.05) is 0 Å². The number of benzene rings is 1. The fourth-order valence-corrected chi connectivity index (χ4v) is 2.63. The van der Waals surface area contributed by atoms with Crippen molar-refractivity contribution in [2.24, 2.45) is 0 Å². The third kappa shape index (κ3) is 3.34. The van der Waals surface area contributed by atoms with Gasteiger partial charge in [0.2, 0.25) is 0 Å². The largest absolute Gasteiger partial charge is 0.490 e. The molecule has 0 saturated carbocycles. The average Bonchev–Trinajstić information content (AvgIpc) is 3.23. The van der Waals surface area contributed by atoms with Crippen molar-refractivity contribution in [3.05, 3.63) is 48.1 Å². The van der Waals surface area contributed by atoms with Gasteiger partial charge in [0.05, 0.1) is 18.3 Å². The molecular formula is C16H17FN2O4. The molecule has 122 valence electrons. The van der Waals surface area contributed by atoms with Crippen LogP contribution in [-0.2, 0) is 4.74 Å². The normalized spacial score (nSPS) is 20.7. The molecule has 0 aliphatic carbocycles. The van der Waals surface area contributed by atoms with Crippen molar-refractivity contribution in [1.29, 1.82) is 0 Å². The first-order valence-electron chi connectivity index (χ1n) is 7.24. The van der Waals surface area contributed by atoms with Crippen LogP contribution in [0, 0.1) is 5.82 Å². The number of nitrogens with zero attached hydrogens (tertiary/aromatic N) is 2. The zero-order valence-corrected chi connectivity index (χ0v) is 12.7. The first-order valence-corrected chi connectivity index (χ1v) is 7.24. The molecule has 1 aromatic carbocycles. The lowest BCUT2D eigenvalue weighted by atomic mass is 10.0. The van der Waals surface area contributed by atoms with Gasteiger partial charge in [-0.1, -0.05) is 11.2 Å². The molecule has 1 saturated heterocycles. The number of aromatic nitrogens is 1. The molecule has 23 heavy (non-hydrogen) atoms. The number of carbonyl (C=O) groups excluding carboxylic acids is 1. The molecule has 3 rings (SSSR count). The quantitative estimate of drug-likeness (QED) is 0.844. The molecule has 1 aliphatic heterocycles. The predicted molar refractivity (Wildman–Crippen MR) is 78.7 cm³/mol. The minimum Gasteiger partial charge on any atom is -0.490 e. The minimum atomic E-state index is -0.612. The number of hydrogen-bond acceptors (Lipinski definition) is 5. The maximum atomic E-state index is 13.2. The van der Waals surface area contributed by atoms with E-state index >= 15 is 0 Å². The molecule has 0 bridgehead atoms. The van der Waals surface area contributed by atoms with Crippen molar-refractivity contribution < 1.29 is 23.2 Å². The van der Waals surface area contributed by atoms with E-state index in [2.05, 4.69) is 5.16 Å². The molecule has 1 aliphatic rings. The summed E-state index contributed by atoms with van der Waals surface area (Å²) in [6.07, 6.45) is 3.34. The molecular weight excluding hydrogens is 303 g/mol. The topological polar surface area (TPSA) is 64.8 Å². The molecule has 1 aromatic heterocycles. The molecule has 2 aromatic rings. The van der Waals surface area contributed by atoms with Crippen LogP contribution in [0.15, 0.2) is 41.2 Å². The van der Waals surface area contributed by atoms with Crippen LogP contribution >= 0.6 is 0 Å². The molecule has 2 heterocycles. The van der Waals surface area contributed by atoms with Gasteiger partial charge in [0.15, 0.2) is 0 Å². The molecule has 1 unspecified atom stereocenters. The molecule has 1 atom stereocenters. The summed E-state index contributed by atoms with van der Waals surface area (Å²) >= 11 is 0. The zero-order chi connectivity index (χ0) is 16.3. The van der Waals surface area contributed by atoms with Gasteiger partial charge in [0.25, 0.3) is 5.91 Å². The number of ether oxygens (including phenoxy) is 2. The van der Waals surface area contributed by atoms with E-state index in [1.165, 1.54) is 24.6 Å². The highest BCUT2D eigenvalue weighted by atomic mass is 19.1. The summed E-state index contributed by atoms with van der Waals surface area (Å²) in [6.45, 7) is 1.17. The molecule has 1 amide bonds. The Balaban J connectivity index is 1.64. The highest BCUT2D eigenvalue weighted by Crippen LogP contribution is 2.27. The SMILES string of the molecule is COC1(COc2cccc(F)c2)CCN(C(=O)c2cnoc2)C1. The number of halogens is 1. The van der Waals surface area contributed by atoms with Gasteiger partial charge in [-0.15, -0.1) is 0 Å². The minimum absolute atomic E-state index is 0.157. The lowest BCUT2D eigenvalue weighted by Crippen LogP contribution is -2.42. The number of methoxy groups -OCH3 is 1. The smallest absolute Gasteiger partial charge is 0.258 e. The first kappa shape index (κ1) is 15.5. The van der Waals surface area contributed by atoms with E-state index < -0.39 is 5.60 Å². The number of likely N-dealkylation sites (tertiary alicyclic amines) is 1. The van der Waals surface area contributed by atoms with Crippen LogP contribution in [0.4, 0.5) is 4.39 Å². The van der Waals surface area contributed by atoms with Gasteiger partial charge in [-0.25, -0.2) is 4.39 Å². The van der Waals surface area contributed by atoms with Crippen molar-refractivity contribution in [1.82, 2.24) is 10.1 Å². The Kier molecular flexibility index (Phi) is 4.29. The first-order chi connectivity index (χ1) is 11.1. The molecule has 0 radical (unpaired) electrons. The van der Waals surface area contributed by atoms with Crippen LogP contribution < -0.4 is 4.74 Å². The summed E-state index contributed by atoms with van der Waals surface area (Å²) < 4.78 is 29.1. The van der Waals surface area contributed by atoms with E-state index in [0.717, 1.165) is 0 Å². The van der Waals surface area contributed by atoms with E-state index in [9.17, 15) is 9.18 Å². The third-order valence-corrected chi connectivity index (χ3v) is 4.01. The van der Waals surface area contributed by atoms with Crippen LogP contribution in [0.2, 0.25) is 0 Å². The third-order valence-electron chi connectivity index (χ3n) is 4.01. The van der Waals surface area contributed by atoms with Gasteiger partial charge >= 0.3 is 0 Å². The lowest BCUT2D eigenvalue weighted by Gasteiger charge is -2.27. The summed E-state index contributed by atoms with van der Waals surface area (Å²) in [6, 6.07) is 5.94. The van der Waals surface area contributed by atoms with E-state index in [1.54, 1.807) is 24.1 Å². The molecule has 7 heteroatoms. The lowest BCUT2D eigenvalue weighted by molar-refractivity contribution is -0.0343. The van der Waals surface area contributed by atoms with E-state index in [0.29, 0.717) is 30.8 Å². The predicted octanol–water partition coefficient (Wildman–Crippen LogP) is 2.12. The molecule has 0 spiro atoms. The van der Waals surface area contributed by atoms with Crippen molar-refractivity contribution in [3.63, 3.8) is 0 Å². The second-order valence-corrected chi connectivity index (χ2v) is 5.52. The number of rotatable bonds is 5. The van der Waals surface area contributed by atoms with Crippen LogP contribution in [-0.4, -0.2) is 48.4 Å². The van der Waals surface area contributed by atoms with E-state index in [-0.39, 0.29) is 18.3 Å². The second-order valence-electron chi connectivity index (χ2n) is 5.52. The summed E-state index contributed by atoms with van der Waals surface area (Å²) in [5, 5.41) is 3.54. The van der Waals surface area contributed by atoms with Gasteiger partial charge in [-0.2, -0.15) is 0 Å². The Morgan fingerprint density at radius 2 is 2.39 bits per heavy atom. The van der Waals surface area contributed by atoms with Gasteiger partial charge in [-0.3, -0.25) is 4.79 Å². The standard InChI is InChI=1S/C16H17FN2O4/c1-21-16(11-22-14-4-2-3-13(17)7-14)5-6-19(10-16)15(20)12-8-18-23-9-12/h2-4,7-9H,5-6,10-11H2,1H3. The highest BCUT2D eigenvalue weighted by Gasteiger charge is 2.41. The fraction of sp³-hybridized carbons (Fsp3) is 0.375. The maximum Gasteiger partial charge on any atom is 0.258 e. The van der Waals surface area contributed by atoms with Gasteiger partial charge < -0.3 is 18.9 Å². The van der Waals surface area contributed by atoms with Crippen molar-refractivity contribution in [2.75, 3.05) is 26.8 Å². The Morgan fingerprint density at radius 3 is 3.09 bits per heavy atom. The second kappa shape index (κ2) is 6.37. The summed E-state index contributed by atoms with van der Waals surface area (Å²) in [4.78, 5) is 14.0. The van der Waals surface area contributed by atoms with E-state index in [4.69, 9.17) is 14.0 Å². The van der Waals surface area contributed by atoms with Crippen molar-refractivity contribution in [3.8, 4) is 5.75 Å². The Labute approximate surface area is 132 Å². The van der Waals surface area contributed by atoms with Crippen LogP contribution in [0.25, 0.3) is 0 Å². The molecule has 0 N–H and O–H groups in total. The van der Waals surface area contributed by atoms with Crippen LogP contribution in [0.1, 0.15) is 16.8 Å². The number of carbonyl (C=O) groups is 1. The van der Waals surface area contributed by atoms with Crippen molar-refractivity contribution >= 4 is 5.91 Å². The zero-order valence-electron chi connectivity index (χ0n) is 12.7. The Morgan fingerprint density at radius 1 is 1.52 bits per heavy atom. The van der Waals surface area contributed by atoms with Gasteiger partial charge in [0.1, 0.15) is 30.0 Å². The monoisotopic (exact) mass is 320 g/mol.